The van der Waals surface area contributed by atoms with Crippen LogP contribution in [-0.2, 0) is 7.05 Å². The van der Waals surface area contributed by atoms with Crippen molar-refractivity contribution in [2.75, 3.05) is 7.11 Å². The summed E-state index contributed by atoms with van der Waals surface area (Å²) in [6.45, 7) is 2.01. The molecule has 0 N–H and O–H groups in total. The molecule has 2 aromatic carbocycles. The van der Waals surface area contributed by atoms with Crippen LogP contribution in [0.1, 0.15) is 11.3 Å². The first-order chi connectivity index (χ1) is 11.1. The van der Waals surface area contributed by atoms with Gasteiger partial charge in [0.15, 0.2) is 0 Å². The molecule has 1 aromatic heterocycles. The molecule has 23 heavy (non-hydrogen) atoms. The Bertz CT molecular complexity index is 993. The van der Waals surface area contributed by atoms with Gasteiger partial charge in [-0.1, -0.05) is 29.8 Å². The van der Waals surface area contributed by atoms with E-state index in [9.17, 15) is 10.1 Å². The quantitative estimate of drug-likeness (QED) is 0.729. The Hall–Kier alpha value is -3.06. The maximum Gasteiger partial charge on any atom is 0.259 e. The van der Waals surface area contributed by atoms with Crippen molar-refractivity contribution in [2.45, 2.75) is 6.92 Å². The molecule has 0 unspecified atom stereocenters. The molecule has 0 saturated heterocycles. The number of hydrogen-bond acceptors (Lipinski definition) is 3. The summed E-state index contributed by atoms with van der Waals surface area (Å²) in [5.74, 6) is 0.656. The predicted molar refractivity (Wildman–Crippen MR) is 90.6 cm³/mol. The summed E-state index contributed by atoms with van der Waals surface area (Å²) in [7, 11) is 3.21. The minimum absolute atomic E-state index is 0.185. The average Bonchev–Trinajstić information content (AvgIpc) is 2.58. The normalized spacial score (nSPS) is 10.5. The largest absolute Gasteiger partial charge is 0.497 e. The van der Waals surface area contributed by atoms with Gasteiger partial charge in [-0.2, -0.15) is 5.26 Å². The number of pyridine rings is 1. The van der Waals surface area contributed by atoms with Crippen LogP contribution in [0.3, 0.4) is 0 Å². The van der Waals surface area contributed by atoms with E-state index < -0.39 is 0 Å². The van der Waals surface area contributed by atoms with Gasteiger partial charge in [-0.3, -0.25) is 4.79 Å². The highest BCUT2D eigenvalue weighted by molar-refractivity contribution is 5.99. The maximum atomic E-state index is 12.5. The first-order valence-corrected chi connectivity index (χ1v) is 7.24. The zero-order valence-electron chi connectivity index (χ0n) is 13.3. The third-order valence-electron chi connectivity index (χ3n) is 4.05. The number of hydrogen-bond donors (Lipinski definition) is 0. The number of ether oxygens (including phenoxy) is 1. The molecule has 0 spiro atoms. The summed E-state index contributed by atoms with van der Waals surface area (Å²) < 4.78 is 6.69. The monoisotopic (exact) mass is 304 g/mol. The Morgan fingerprint density at radius 1 is 1.09 bits per heavy atom. The lowest BCUT2D eigenvalue weighted by Gasteiger charge is -2.14. The molecular weight excluding hydrogens is 288 g/mol. The molecule has 3 rings (SSSR count). The molecule has 1 heterocycles. The molecule has 0 fully saturated rings. The van der Waals surface area contributed by atoms with Crippen LogP contribution in [0.2, 0.25) is 0 Å². The Kier molecular flexibility index (Phi) is 3.63. The van der Waals surface area contributed by atoms with Crippen molar-refractivity contribution < 1.29 is 4.74 Å². The molecule has 4 heteroatoms. The summed E-state index contributed by atoms with van der Waals surface area (Å²) in [4.78, 5) is 12.5. The highest BCUT2D eigenvalue weighted by Gasteiger charge is 2.16. The van der Waals surface area contributed by atoms with E-state index in [0.717, 1.165) is 22.1 Å². The second-order valence-electron chi connectivity index (χ2n) is 5.48. The Balaban J connectivity index is 2.51. The average molecular weight is 304 g/mol. The zero-order chi connectivity index (χ0) is 16.6. The SMILES string of the molecule is COc1ccc2c(=O)n(C)c(C#N)c(-c3ccc(C)cc3)c2c1. The van der Waals surface area contributed by atoms with Gasteiger partial charge in [-0.05, 0) is 30.7 Å². The topological polar surface area (TPSA) is 55.0 Å². The fourth-order valence-electron chi connectivity index (χ4n) is 2.76. The third-order valence-corrected chi connectivity index (χ3v) is 4.05. The van der Waals surface area contributed by atoms with Crippen molar-refractivity contribution in [1.29, 1.82) is 5.26 Å². The molecule has 0 aliphatic carbocycles. The summed E-state index contributed by atoms with van der Waals surface area (Å²) in [5, 5.41) is 10.9. The third kappa shape index (κ3) is 2.36. The van der Waals surface area contributed by atoms with Gasteiger partial charge in [-0.25, -0.2) is 0 Å². The molecule has 0 atom stereocenters. The fraction of sp³-hybridized carbons (Fsp3) is 0.158. The van der Waals surface area contributed by atoms with Gasteiger partial charge in [0.25, 0.3) is 5.56 Å². The lowest BCUT2D eigenvalue weighted by Crippen LogP contribution is -2.20. The van der Waals surface area contributed by atoms with Crippen molar-refractivity contribution in [3.05, 3.63) is 64.1 Å². The minimum atomic E-state index is -0.185. The lowest BCUT2D eigenvalue weighted by atomic mass is 9.96. The highest BCUT2D eigenvalue weighted by Crippen LogP contribution is 2.32. The summed E-state index contributed by atoms with van der Waals surface area (Å²) in [6, 6.07) is 15.4. The molecule has 4 nitrogen and oxygen atoms in total. The molecular formula is C19H16N2O2. The van der Waals surface area contributed by atoms with Gasteiger partial charge in [0.05, 0.1) is 7.11 Å². The van der Waals surface area contributed by atoms with E-state index in [1.807, 2.05) is 37.3 Å². The number of nitrogens with zero attached hydrogens (tertiary/aromatic N) is 2. The lowest BCUT2D eigenvalue weighted by molar-refractivity contribution is 0.415. The van der Waals surface area contributed by atoms with Crippen LogP contribution in [0.5, 0.6) is 5.75 Å². The number of fused-ring (bicyclic) bond motifs is 1. The van der Waals surface area contributed by atoms with Gasteiger partial charge in [0.2, 0.25) is 0 Å². The second kappa shape index (κ2) is 5.62. The Labute approximate surface area is 134 Å². The van der Waals surface area contributed by atoms with Crippen molar-refractivity contribution in [1.82, 2.24) is 4.57 Å². The molecule has 0 aliphatic heterocycles. The van der Waals surface area contributed by atoms with E-state index in [0.29, 0.717) is 16.8 Å². The first-order valence-electron chi connectivity index (χ1n) is 7.24. The number of benzene rings is 2. The van der Waals surface area contributed by atoms with Gasteiger partial charge >= 0.3 is 0 Å². The van der Waals surface area contributed by atoms with Crippen molar-refractivity contribution in [3.63, 3.8) is 0 Å². The van der Waals surface area contributed by atoms with E-state index in [1.54, 1.807) is 26.3 Å². The van der Waals surface area contributed by atoms with Crippen molar-refractivity contribution in [2.24, 2.45) is 7.05 Å². The van der Waals surface area contributed by atoms with Crippen LogP contribution in [0.25, 0.3) is 21.9 Å². The first kappa shape index (κ1) is 14.9. The van der Waals surface area contributed by atoms with Crippen LogP contribution < -0.4 is 10.3 Å². The number of aryl methyl sites for hydroxylation is 1. The van der Waals surface area contributed by atoms with Crippen LogP contribution in [-0.4, -0.2) is 11.7 Å². The fourth-order valence-corrected chi connectivity index (χ4v) is 2.76. The number of nitriles is 1. The van der Waals surface area contributed by atoms with E-state index in [-0.39, 0.29) is 5.56 Å². The summed E-state index contributed by atoms with van der Waals surface area (Å²) in [6.07, 6.45) is 0. The molecule has 0 saturated carbocycles. The number of rotatable bonds is 2. The Morgan fingerprint density at radius 3 is 2.39 bits per heavy atom. The van der Waals surface area contributed by atoms with Crippen LogP contribution in [0, 0.1) is 18.3 Å². The summed E-state index contributed by atoms with van der Waals surface area (Å²) in [5.41, 5.74) is 2.96. The van der Waals surface area contributed by atoms with E-state index in [1.165, 1.54) is 4.57 Å². The van der Waals surface area contributed by atoms with Gasteiger partial charge in [0, 0.05) is 23.4 Å². The standard InChI is InChI=1S/C19H16N2O2/c1-12-4-6-13(7-5-12)18-16-10-14(23-3)8-9-15(16)19(22)21(2)17(18)11-20/h4-10H,1-3H3. The molecule has 0 amide bonds. The van der Waals surface area contributed by atoms with Crippen LogP contribution in [0.4, 0.5) is 0 Å². The van der Waals surface area contributed by atoms with Crippen molar-refractivity contribution >= 4 is 10.8 Å². The maximum absolute atomic E-state index is 12.5. The predicted octanol–water partition coefficient (Wildman–Crippen LogP) is 3.39. The van der Waals surface area contributed by atoms with Gasteiger partial charge < -0.3 is 9.30 Å². The van der Waals surface area contributed by atoms with Crippen LogP contribution in [0.15, 0.2) is 47.3 Å². The van der Waals surface area contributed by atoms with Gasteiger partial charge in [-0.15, -0.1) is 0 Å². The molecule has 0 bridgehead atoms. The molecule has 0 radical (unpaired) electrons. The number of aromatic nitrogens is 1. The highest BCUT2D eigenvalue weighted by atomic mass is 16.5. The minimum Gasteiger partial charge on any atom is -0.497 e. The van der Waals surface area contributed by atoms with Crippen LogP contribution >= 0.6 is 0 Å². The number of methoxy groups -OCH3 is 1. The smallest absolute Gasteiger partial charge is 0.259 e. The Morgan fingerprint density at radius 2 is 1.78 bits per heavy atom. The second-order valence-corrected chi connectivity index (χ2v) is 5.48. The van der Waals surface area contributed by atoms with Crippen molar-refractivity contribution in [3.8, 4) is 22.9 Å². The molecule has 114 valence electrons. The van der Waals surface area contributed by atoms with Gasteiger partial charge in [0.1, 0.15) is 17.5 Å². The summed E-state index contributed by atoms with van der Waals surface area (Å²) >= 11 is 0. The van der Waals surface area contributed by atoms with E-state index in [2.05, 4.69) is 6.07 Å². The zero-order valence-corrected chi connectivity index (χ0v) is 13.3. The molecule has 0 aliphatic rings. The molecule has 3 aromatic rings. The van der Waals surface area contributed by atoms with E-state index in [4.69, 9.17) is 4.74 Å². The van der Waals surface area contributed by atoms with E-state index >= 15 is 0 Å².